The maximum absolute atomic E-state index is 11.3. The average molecular weight is 192 g/mol. The molecule has 0 spiro atoms. The van der Waals surface area contributed by atoms with Gasteiger partial charge in [0.05, 0.1) is 5.56 Å². The van der Waals surface area contributed by atoms with Crippen LogP contribution in [0.2, 0.25) is 0 Å². The molecular formula is C12H16O2. The Hall–Kier alpha value is -1.31. The van der Waals surface area contributed by atoms with Crippen LogP contribution in [0.3, 0.4) is 0 Å². The molecular weight excluding hydrogens is 176 g/mol. The summed E-state index contributed by atoms with van der Waals surface area (Å²) in [6.07, 6.45) is 3.00. The summed E-state index contributed by atoms with van der Waals surface area (Å²) in [5.74, 6) is 0.0420. The number of hydrogen-bond acceptors (Lipinski definition) is 2. The van der Waals surface area contributed by atoms with Crippen LogP contribution >= 0.6 is 0 Å². The van der Waals surface area contributed by atoms with E-state index in [0.717, 1.165) is 24.8 Å². The van der Waals surface area contributed by atoms with E-state index in [9.17, 15) is 9.90 Å². The van der Waals surface area contributed by atoms with E-state index in [4.69, 9.17) is 0 Å². The highest BCUT2D eigenvalue weighted by Gasteiger charge is 2.11. The molecule has 0 aliphatic heterocycles. The van der Waals surface area contributed by atoms with Crippen LogP contribution in [-0.2, 0) is 6.42 Å². The number of ketones is 1. The second-order valence-corrected chi connectivity index (χ2v) is 3.47. The van der Waals surface area contributed by atoms with E-state index in [1.807, 2.05) is 6.07 Å². The lowest BCUT2D eigenvalue weighted by atomic mass is 9.99. The number of phenolic OH excluding ortho intramolecular Hbond substituents is 1. The van der Waals surface area contributed by atoms with Gasteiger partial charge < -0.3 is 5.11 Å². The fourth-order valence-electron chi connectivity index (χ4n) is 1.57. The van der Waals surface area contributed by atoms with E-state index in [2.05, 4.69) is 6.92 Å². The van der Waals surface area contributed by atoms with Gasteiger partial charge in [-0.1, -0.05) is 25.5 Å². The molecule has 0 saturated carbocycles. The van der Waals surface area contributed by atoms with E-state index >= 15 is 0 Å². The number of hydrogen-bond donors (Lipinski definition) is 1. The van der Waals surface area contributed by atoms with E-state index < -0.39 is 0 Å². The highest BCUT2D eigenvalue weighted by atomic mass is 16.3. The van der Waals surface area contributed by atoms with Crippen molar-refractivity contribution in [3.8, 4) is 5.75 Å². The number of carbonyl (C=O) groups excluding carboxylic acids is 1. The fraction of sp³-hybridized carbons (Fsp3) is 0.417. The van der Waals surface area contributed by atoms with E-state index in [1.54, 1.807) is 12.1 Å². The highest BCUT2D eigenvalue weighted by molar-refractivity contribution is 5.98. The number of aromatic hydroxyl groups is 1. The second-order valence-electron chi connectivity index (χ2n) is 3.47. The highest BCUT2D eigenvalue weighted by Crippen LogP contribution is 2.22. The van der Waals surface area contributed by atoms with Gasteiger partial charge in [-0.25, -0.2) is 0 Å². The topological polar surface area (TPSA) is 37.3 Å². The van der Waals surface area contributed by atoms with E-state index in [0.29, 0.717) is 5.56 Å². The smallest absolute Gasteiger partial charge is 0.163 e. The van der Waals surface area contributed by atoms with Crippen molar-refractivity contribution in [3.63, 3.8) is 0 Å². The number of unbranched alkanes of at least 4 members (excludes halogenated alkanes) is 1. The molecule has 0 amide bonds. The maximum atomic E-state index is 11.3. The molecule has 0 atom stereocenters. The Labute approximate surface area is 84.6 Å². The normalized spacial score (nSPS) is 10.1. The Morgan fingerprint density at radius 3 is 2.71 bits per heavy atom. The first kappa shape index (κ1) is 10.8. The summed E-state index contributed by atoms with van der Waals surface area (Å²) in [5.41, 5.74) is 1.44. The van der Waals surface area contributed by atoms with Gasteiger partial charge in [-0.3, -0.25) is 4.79 Å². The first-order valence-corrected chi connectivity index (χ1v) is 4.98. The molecule has 0 aliphatic rings. The second kappa shape index (κ2) is 4.80. The van der Waals surface area contributed by atoms with Crippen molar-refractivity contribution >= 4 is 5.78 Å². The van der Waals surface area contributed by atoms with E-state index in [1.165, 1.54) is 6.92 Å². The molecule has 14 heavy (non-hydrogen) atoms. The average Bonchev–Trinajstić information content (AvgIpc) is 2.14. The SMILES string of the molecule is CCCCc1cccc(O)c1C(C)=O. The lowest BCUT2D eigenvalue weighted by Gasteiger charge is -2.07. The minimum atomic E-state index is -0.0609. The molecule has 0 heterocycles. The monoisotopic (exact) mass is 192 g/mol. The Balaban J connectivity index is 3.02. The zero-order valence-electron chi connectivity index (χ0n) is 8.71. The first-order chi connectivity index (χ1) is 6.66. The van der Waals surface area contributed by atoms with Crippen LogP contribution in [0, 0.1) is 0 Å². The van der Waals surface area contributed by atoms with Gasteiger partial charge in [0, 0.05) is 0 Å². The number of rotatable bonds is 4. The summed E-state index contributed by atoms with van der Waals surface area (Å²) in [7, 11) is 0. The van der Waals surface area contributed by atoms with Crippen molar-refractivity contribution in [2.75, 3.05) is 0 Å². The number of carbonyl (C=O) groups is 1. The molecule has 2 nitrogen and oxygen atoms in total. The standard InChI is InChI=1S/C12H16O2/c1-3-4-6-10-7-5-8-11(14)12(10)9(2)13/h5,7-8,14H,3-4,6H2,1-2H3. The number of phenols is 1. The van der Waals surface area contributed by atoms with Gasteiger partial charge in [0.2, 0.25) is 0 Å². The predicted molar refractivity (Wildman–Crippen MR) is 56.7 cm³/mol. The molecule has 0 aliphatic carbocycles. The van der Waals surface area contributed by atoms with Gasteiger partial charge in [0.1, 0.15) is 5.75 Å². The van der Waals surface area contributed by atoms with Gasteiger partial charge >= 0.3 is 0 Å². The zero-order valence-corrected chi connectivity index (χ0v) is 8.71. The molecule has 2 heteroatoms. The van der Waals surface area contributed by atoms with Crippen molar-refractivity contribution in [1.82, 2.24) is 0 Å². The Bertz CT molecular complexity index is 329. The zero-order chi connectivity index (χ0) is 10.6. The Kier molecular flexibility index (Phi) is 3.69. The van der Waals surface area contributed by atoms with Crippen LogP contribution in [0.1, 0.15) is 42.6 Å². The van der Waals surface area contributed by atoms with Crippen molar-refractivity contribution < 1.29 is 9.90 Å². The molecule has 0 aromatic heterocycles. The van der Waals surface area contributed by atoms with Gasteiger partial charge in [0.25, 0.3) is 0 Å². The largest absolute Gasteiger partial charge is 0.507 e. The third kappa shape index (κ3) is 2.34. The molecule has 0 saturated heterocycles. The van der Waals surface area contributed by atoms with E-state index in [-0.39, 0.29) is 11.5 Å². The predicted octanol–water partition coefficient (Wildman–Crippen LogP) is 2.94. The van der Waals surface area contributed by atoms with Crippen LogP contribution < -0.4 is 0 Å². The summed E-state index contributed by atoms with van der Waals surface area (Å²) in [6.45, 7) is 3.60. The molecule has 1 rings (SSSR count). The number of benzene rings is 1. The Morgan fingerprint density at radius 1 is 1.43 bits per heavy atom. The summed E-state index contributed by atoms with van der Waals surface area (Å²) in [4.78, 5) is 11.3. The van der Waals surface area contributed by atoms with Crippen molar-refractivity contribution in [2.24, 2.45) is 0 Å². The quantitative estimate of drug-likeness (QED) is 0.745. The van der Waals surface area contributed by atoms with Crippen molar-refractivity contribution in [2.45, 2.75) is 33.1 Å². The fourth-order valence-corrected chi connectivity index (χ4v) is 1.57. The van der Waals surface area contributed by atoms with Crippen molar-refractivity contribution in [1.29, 1.82) is 0 Å². The van der Waals surface area contributed by atoms with Crippen molar-refractivity contribution in [3.05, 3.63) is 29.3 Å². The third-order valence-corrected chi connectivity index (χ3v) is 2.28. The number of Topliss-reactive ketones (excluding diaryl/α,β-unsaturated/α-hetero) is 1. The summed E-state index contributed by atoms with van der Waals surface area (Å²) in [6, 6.07) is 5.26. The molecule has 0 radical (unpaired) electrons. The molecule has 1 N–H and O–H groups in total. The molecule has 76 valence electrons. The van der Waals surface area contributed by atoms with Gasteiger partial charge in [-0.2, -0.15) is 0 Å². The van der Waals surface area contributed by atoms with Gasteiger partial charge in [-0.05, 0) is 31.4 Å². The molecule has 0 fully saturated rings. The van der Waals surface area contributed by atoms with Crippen LogP contribution in [0.5, 0.6) is 5.75 Å². The Morgan fingerprint density at radius 2 is 2.14 bits per heavy atom. The third-order valence-electron chi connectivity index (χ3n) is 2.28. The number of aryl methyl sites for hydroxylation is 1. The lowest BCUT2D eigenvalue weighted by molar-refractivity contribution is 0.101. The summed E-state index contributed by atoms with van der Waals surface area (Å²) in [5, 5.41) is 9.54. The van der Waals surface area contributed by atoms with Crippen LogP contribution in [0.4, 0.5) is 0 Å². The maximum Gasteiger partial charge on any atom is 0.163 e. The molecule has 1 aromatic rings. The van der Waals surface area contributed by atoms with Gasteiger partial charge in [0.15, 0.2) is 5.78 Å². The minimum absolute atomic E-state index is 0.0609. The van der Waals surface area contributed by atoms with Crippen LogP contribution in [0.15, 0.2) is 18.2 Å². The molecule has 1 aromatic carbocycles. The minimum Gasteiger partial charge on any atom is -0.507 e. The lowest BCUT2D eigenvalue weighted by Crippen LogP contribution is -2.00. The molecule has 0 bridgehead atoms. The first-order valence-electron chi connectivity index (χ1n) is 4.98. The van der Waals surface area contributed by atoms with Crippen LogP contribution in [0.25, 0.3) is 0 Å². The van der Waals surface area contributed by atoms with Crippen LogP contribution in [-0.4, -0.2) is 10.9 Å². The van der Waals surface area contributed by atoms with Gasteiger partial charge in [-0.15, -0.1) is 0 Å². The summed E-state index contributed by atoms with van der Waals surface area (Å²) < 4.78 is 0. The molecule has 0 unspecified atom stereocenters. The summed E-state index contributed by atoms with van der Waals surface area (Å²) >= 11 is 0.